The highest BCUT2D eigenvalue weighted by molar-refractivity contribution is 5.92. The van der Waals surface area contributed by atoms with Gasteiger partial charge in [0, 0.05) is 18.1 Å². The first-order valence-corrected chi connectivity index (χ1v) is 7.62. The lowest BCUT2D eigenvalue weighted by molar-refractivity contribution is 0.0903. The van der Waals surface area contributed by atoms with Crippen LogP contribution in [0.4, 0.5) is 4.39 Å². The fourth-order valence-corrected chi connectivity index (χ4v) is 3.49. The summed E-state index contributed by atoms with van der Waals surface area (Å²) in [6.07, 6.45) is 3.26. The van der Waals surface area contributed by atoms with Crippen LogP contribution in [0.2, 0.25) is 0 Å². The largest absolute Gasteiger partial charge is 0.451 e. The first kappa shape index (κ1) is 16.0. The molecule has 2 aliphatic heterocycles. The van der Waals surface area contributed by atoms with E-state index in [1.165, 1.54) is 12.5 Å². The second-order valence-electron chi connectivity index (χ2n) is 6.01. The third kappa shape index (κ3) is 2.99. The highest BCUT2D eigenvalue weighted by atomic mass is 35.5. The summed E-state index contributed by atoms with van der Waals surface area (Å²) in [5, 5.41) is 6.50. The van der Waals surface area contributed by atoms with Crippen molar-refractivity contribution in [1.29, 1.82) is 0 Å². The van der Waals surface area contributed by atoms with E-state index >= 15 is 0 Å². The zero-order chi connectivity index (χ0) is 15.1. The first-order valence-electron chi connectivity index (χ1n) is 7.62. The molecule has 4 nitrogen and oxygen atoms in total. The predicted octanol–water partition coefficient (Wildman–Crippen LogP) is 3.13. The van der Waals surface area contributed by atoms with E-state index in [2.05, 4.69) is 10.6 Å². The van der Waals surface area contributed by atoms with Gasteiger partial charge in [-0.2, -0.15) is 0 Å². The molecule has 2 saturated heterocycles. The summed E-state index contributed by atoms with van der Waals surface area (Å²) in [4.78, 5) is 12.3. The molecule has 2 bridgehead atoms. The Morgan fingerprint density at radius 2 is 2.04 bits per heavy atom. The average molecular weight is 337 g/mol. The van der Waals surface area contributed by atoms with Crippen LogP contribution in [0.25, 0.3) is 11.3 Å². The van der Waals surface area contributed by atoms with Gasteiger partial charge in [0.25, 0.3) is 5.91 Å². The molecule has 0 spiro atoms. The Morgan fingerprint density at radius 3 is 2.74 bits per heavy atom. The Morgan fingerprint density at radius 1 is 1.22 bits per heavy atom. The predicted molar refractivity (Wildman–Crippen MR) is 87.2 cm³/mol. The summed E-state index contributed by atoms with van der Waals surface area (Å²) < 4.78 is 19.3. The minimum Gasteiger partial charge on any atom is -0.451 e. The number of hydrogen-bond acceptors (Lipinski definition) is 3. The van der Waals surface area contributed by atoms with Crippen LogP contribution in [0.15, 0.2) is 40.8 Å². The van der Waals surface area contributed by atoms with Crippen molar-refractivity contribution in [2.75, 3.05) is 0 Å². The van der Waals surface area contributed by atoms with Crippen LogP contribution in [-0.2, 0) is 0 Å². The van der Waals surface area contributed by atoms with Crippen molar-refractivity contribution in [3.63, 3.8) is 0 Å². The Bertz CT molecular complexity index is 718. The van der Waals surface area contributed by atoms with Crippen LogP contribution in [0.3, 0.4) is 0 Å². The number of rotatable bonds is 3. The third-order valence-electron chi connectivity index (χ3n) is 4.59. The summed E-state index contributed by atoms with van der Waals surface area (Å²) >= 11 is 0. The van der Waals surface area contributed by atoms with Gasteiger partial charge < -0.3 is 15.1 Å². The van der Waals surface area contributed by atoms with Crippen LogP contribution < -0.4 is 10.6 Å². The molecule has 1 aromatic carbocycles. The van der Waals surface area contributed by atoms with Crippen molar-refractivity contribution in [3.8, 4) is 11.3 Å². The molecule has 2 aliphatic rings. The Hall–Kier alpha value is -1.85. The van der Waals surface area contributed by atoms with Gasteiger partial charge in [-0.3, -0.25) is 4.79 Å². The van der Waals surface area contributed by atoms with Gasteiger partial charge in [0.15, 0.2) is 5.76 Å². The van der Waals surface area contributed by atoms with Crippen molar-refractivity contribution in [1.82, 2.24) is 10.6 Å². The molecule has 0 saturated carbocycles. The molecule has 3 atom stereocenters. The maximum Gasteiger partial charge on any atom is 0.287 e. The van der Waals surface area contributed by atoms with E-state index in [9.17, 15) is 9.18 Å². The fourth-order valence-electron chi connectivity index (χ4n) is 3.49. The molecule has 4 rings (SSSR count). The lowest BCUT2D eigenvalue weighted by atomic mass is 9.95. The highest BCUT2D eigenvalue weighted by Gasteiger charge is 2.39. The van der Waals surface area contributed by atoms with E-state index in [0.29, 0.717) is 23.4 Å². The Balaban J connectivity index is 0.00000156. The molecule has 2 aromatic rings. The van der Waals surface area contributed by atoms with Crippen LogP contribution in [0, 0.1) is 5.82 Å². The second-order valence-corrected chi connectivity index (χ2v) is 6.01. The molecule has 1 aromatic heterocycles. The van der Waals surface area contributed by atoms with E-state index < -0.39 is 0 Å². The molecular formula is C17H18ClFN2O2. The molecule has 23 heavy (non-hydrogen) atoms. The molecule has 122 valence electrons. The van der Waals surface area contributed by atoms with Gasteiger partial charge in [0.05, 0.1) is 5.56 Å². The molecule has 6 heteroatoms. The lowest BCUT2D eigenvalue weighted by Gasteiger charge is -2.20. The van der Waals surface area contributed by atoms with E-state index in [1.807, 2.05) is 0 Å². The number of halogens is 2. The summed E-state index contributed by atoms with van der Waals surface area (Å²) in [6, 6.07) is 10.7. The van der Waals surface area contributed by atoms with E-state index in [1.54, 1.807) is 30.3 Å². The maximum absolute atomic E-state index is 13.7. The van der Waals surface area contributed by atoms with Gasteiger partial charge >= 0.3 is 0 Å². The van der Waals surface area contributed by atoms with Gasteiger partial charge in [-0.05, 0) is 43.5 Å². The summed E-state index contributed by atoms with van der Waals surface area (Å²) in [6.45, 7) is 0. The smallest absolute Gasteiger partial charge is 0.287 e. The van der Waals surface area contributed by atoms with Crippen molar-refractivity contribution in [3.05, 3.63) is 48.0 Å². The van der Waals surface area contributed by atoms with E-state index in [4.69, 9.17) is 4.42 Å². The molecule has 0 radical (unpaired) electrons. The SMILES string of the molecule is Cl.O=C(N[C@@H]1C[C@H]2CC[C@@H]1N2)c1ccc(-c2ccccc2F)o1. The van der Waals surface area contributed by atoms with Crippen LogP contribution >= 0.6 is 12.4 Å². The van der Waals surface area contributed by atoms with E-state index in [-0.39, 0.29) is 35.9 Å². The van der Waals surface area contributed by atoms with Gasteiger partial charge in [-0.1, -0.05) is 12.1 Å². The number of carbonyl (C=O) groups excluding carboxylic acids is 1. The molecular weight excluding hydrogens is 319 g/mol. The monoisotopic (exact) mass is 336 g/mol. The van der Waals surface area contributed by atoms with Crippen molar-refractivity contribution in [2.24, 2.45) is 0 Å². The van der Waals surface area contributed by atoms with Crippen molar-refractivity contribution >= 4 is 18.3 Å². The standard InChI is InChI=1S/C17H17FN2O2.ClH/c18-12-4-2-1-3-11(12)15-7-8-16(22-15)17(21)20-14-9-10-5-6-13(14)19-10;/h1-4,7-8,10,13-14,19H,5-6,9H2,(H,20,21);1H/t10-,13+,14-;/m1./s1. The molecule has 3 heterocycles. The maximum atomic E-state index is 13.7. The Kier molecular flexibility index (Phi) is 4.41. The molecule has 1 amide bonds. The lowest BCUT2D eigenvalue weighted by Crippen LogP contribution is -2.42. The van der Waals surface area contributed by atoms with Crippen LogP contribution in [0.5, 0.6) is 0 Å². The fraction of sp³-hybridized carbons (Fsp3) is 0.353. The zero-order valence-electron chi connectivity index (χ0n) is 12.4. The van der Waals surface area contributed by atoms with Gasteiger partial charge in [-0.15, -0.1) is 12.4 Å². The molecule has 2 N–H and O–H groups in total. The van der Waals surface area contributed by atoms with Crippen LogP contribution in [0.1, 0.15) is 29.8 Å². The minimum atomic E-state index is -0.360. The Labute approximate surface area is 139 Å². The zero-order valence-corrected chi connectivity index (χ0v) is 13.2. The topological polar surface area (TPSA) is 54.3 Å². The molecule has 0 aliphatic carbocycles. The van der Waals surface area contributed by atoms with Crippen molar-refractivity contribution < 1.29 is 13.6 Å². The average Bonchev–Trinajstić information content (AvgIpc) is 3.24. The third-order valence-corrected chi connectivity index (χ3v) is 4.59. The van der Waals surface area contributed by atoms with E-state index in [0.717, 1.165) is 12.8 Å². The second kappa shape index (κ2) is 6.34. The number of amides is 1. The number of furan rings is 1. The van der Waals surface area contributed by atoms with Crippen molar-refractivity contribution in [2.45, 2.75) is 37.4 Å². The summed E-state index contributed by atoms with van der Waals surface area (Å²) in [5.74, 6) is -0.00149. The number of benzene rings is 1. The van der Waals surface area contributed by atoms with Gasteiger partial charge in [-0.25, -0.2) is 4.39 Å². The van der Waals surface area contributed by atoms with Gasteiger partial charge in [0.1, 0.15) is 11.6 Å². The summed E-state index contributed by atoms with van der Waals surface area (Å²) in [5.41, 5.74) is 0.364. The van der Waals surface area contributed by atoms with Gasteiger partial charge in [0.2, 0.25) is 0 Å². The summed E-state index contributed by atoms with van der Waals surface area (Å²) in [7, 11) is 0. The molecule has 2 fully saturated rings. The quantitative estimate of drug-likeness (QED) is 0.905. The number of nitrogens with one attached hydrogen (secondary N) is 2. The minimum absolute atomic E-state index is 0. The number of hydrogen-bond donors (Lipinski definition) is 2. The normalized spacial score (nSPS) is 25.2. The highest BCUT2D eigenvalue weighted by Crippen LogP contribution is 2.29. The van der Waals surface area contributed by atoms with Crippen LogP contribution in [-0.4, -0.2) is 24.0 Å². The first-order chi connectivity index (χ1) is 10.7. The molecule has 0 unspecified atom stereocenters. The number of carbonyl (C=O) groups is 1. The number of fused-ring (bicyclic) bond motifs is 2.